The van der Waals surface area contributed by atoms with Gasteiger partial charge >= 0.3 is 0 Å². The lowest BCUT2D eigenvalue weighted by Crippen LogP contribution is -2.42. The molecule has 6 heteroatoms. The van der Waals surface area contributed by atoms with Crippen LogP contribution in [0.4, 0.5) is 5.69 Å². The van der Waals surface area contributed by atoms with Gasteiger partial charge in [-0.1, -0.05) is 18.2 Å². The van der Waals surface area contributed by atoms with Crippen molar-refractivity contribution in [2.45, 2.75) is 12.8 Å². The number of carbonyl (C=O) groups is 2. The highest BCUT2D eigenvalue weighted by Crippen LogP contribution is 2.35. The molecule has 0 bridgehead atoms. The van der Waals surface area contributed by atoms with E-state index in [9.17, 15) is 14.7 Å². The number of thiophene rings is 1. The van der Waals surface area contributed by atoms with Crippen LogP contribution >= 0.6 is 11.3 Å². The van der Waals surface area contributed by atoms with Gasteiger partial charge in [-0.15, -0.1) is 11.3 Å². The molecule has 0 fully saturated rings. The van der Waals surface area contributed by atoms with Gasteiger partial charge in [0.15, 0.2) is 0 Å². The van der Waals surface area contributed by atoms with Crippen molar-refractivity contribution in [3.05, 3.63) is 46.2 Å². The second kappa shape index (κ2) is 6.19. The highest BCUT2D eigenvalue weighted by atomic mass is 32.1. The fourth-order valence-electron chi connectivity index (χ4n) is 2.63. The number of phenolic OH excluding ortho intramolecular Hbond substituents is 1. The summed E-state index contributed by atoms with van der Waals surface area (Å²) < 4.78 is 0. The van der Waals surface area contributed by atoms with E-state index in [1.165, 1.54) is 11.3 Å². The van der Waals surface area contributed by atoms with Gasteiger partial charge in [-0.2, -0.15) is 0 Å². The molecule has 1 aromatic carbocycles. The molecule has 1 aliphatic rings. The Morgan fingerprint density at radius 1 is 1.27 bits per heavy atom. The van der Waals surface area contributed by atoms with Gasteiger partial charge in [0.25, 0.3) is 5.91 Å². The zero-order valence-corrected chi connectivity index (χ0v) is 12.7. The molecule has 2 heterocycles. The zero-order valence-electron chi connectivity index (χ0n) is 11.9. The van der Waals surface area contributed by atoms with E-state index in [4.69, 9.17) is 0 Å². The van der Waals surface area contributed by atoms with Crippen molar-refractivity contribution in [3.8, 4) is 5.75 Å². The minimum absolute atomic E-state index is 0.0789. The van der Waals surface area contributed by atoms with Crippen molar-refractivity contribution in [3.63, 3.8) is 0 Å². The number of rotatable bonds is 3. The maximum atomic E-state index is 12.4. The number of amides is 2. The average Bonchev–Trinajstić information content (AvgIpc) is 3.06. The Morgan fingerprint density at radius 2 is 2.14 bits per heavy atom. The molecule has 0 atom stereocenters. The SMILES string of the molecule is O=C(NCC(=O)N1CCCc2cccc(O)c21)c1cccs1. The van der Waals surface area contributed by atoms with Crippen molar-refractivity contribution in [1.82, 2.24) is 5.32 Å². The topological polar surface area (TPSA) is 69.6 Å². The number of fused-ring (bicyclic) bond motifs is 1. The van der Waals surface area contributed by atoms with E-state index >= 15 is 0 Å². The van der Waals surface area contributed by atoms with E-state index in [1.807, 2.05) is 11.4 Å². The maximum Gasteiger partial charge on any atom is 0.261 e. The summed E-state index contributed by atoms with van der Waals surface area (Å²) in [4.78, 5) is 26.4. The van der Waals surface area contributed by atoms with Crippen LogP contribution in [0.2, 0.25) is 0 Å². The second-order valence-corrected chi connectivity index (χ2v) is 6.04. The summed E-state index contributed by atoms with van der Waals surface area (Å²) in [5.41, 5.74) is 1.54. The third kappa shape index (κ3) is 2.82. The number of benzene rings is 1. The van der Waals surface area contributed by atoms with Crippen LogP contribution in [0, 0.1) is 0 Å². The molecular weight excluding hydrogens is 300 g/mol. The summed E-state index contributed by atoms with van der Waals surface area (Å²) in [5, 5.41) is 14.5. The molecule has 0 aliphatic carbocycles. The zero-order chi connectivity index (χ0) is 15.5. The minimum Gasteiger partial charge on any atom is -0.506 e. The number of carbonyl (C=O) groups excluding carboxylic acids is 2. The lowest BCUT2D eigenvalue weighted by molar-refractivity contribution is -0.117. The smallest absolute Gasteiger partial charge is 0.261 e. The van der Waals surface area contributed by atoms with E-state index < -0.39 is 0 Å². The molecule has 0 saturated heterocycles. The molecule has 0 saturated carbocycles. The first kappa shape index (κ1) is 14.6. The monoisotopic (exact) mass is 316 g/mol. The van der Waals surface area contributed by atoms with Crippen LogP contribution in [0.5, 0.6) is 5.75 Å². The Kier molecular flexibility index (Phi) is 4.11. The summed E-state index contributed by atoms with van der Waals surface area (Å²) in [6.45, 7) is 0.475. The maximum absolute atomic E-state index is 12.4. The van der Waals surface area contributed by atoms with Crippen LogP contribution in [0.1, 0.15) is 21.7 Å². The first-order chi connectivity index (χ1) is 10.7. The van der Waals surface area contributed by atoms with Crippen LogP contribution in [0.3, 0.4) is 0 Å². The Labute approximate surface area is 132 Å². The number of anilines is 1. The Hall–Kier alpha value is -2.34. The molecule has 0 spiro atoms. The van der Waals surface area contributed by atoms with Crippen LogP contribution in [0.15, 0.2) is 35.7 Å². The van der Waals surface area contributed by atoms with Crippen molar-refractivity contribution in [2.75, 3.05) is 18.0 Å². The van der Waals surface area contributed by atoms with Crippen LogP contribution in [-0.2, 0) is 11.2 Å². The van der Waals surface area contributed by atoms with Gasteiger partial charge in [0.1, 0.15) is 5.75 Å². The number of para-hydroxylation sites is 1. The Morgan fingerprint density at radius 3 is 2.91 bits per heavy atom. The predicted octanol–water partition coefficient (Wildman–Crippen LogP) is 2.16. The molecule has 5 nitrogen and oxygen atoms in total. The molecule has 2 aromatic rings. The number of hydrogen-bond donors (Lipinski definition) is 2. The third-order valence-electron chi connectivity index (χ3n) is 3.64. The molecule has 1 aromatic heterocycles. The first-order valence-electron chi connectivity index (χ1n) is 7.10. The third-order valence-corrected chi connectivity index (χ3v) is 4.51. The lowest BCUT2D eigenvalue weighted by Gasteiger charge is -2.30. The van der Waals surface area contributed by atoms with Gasteiger partial charge in [0, 0.05) is 6.54 Å². The second-order valence-electron chi connectivity index (χ2n) is 5.09. The summed E-state index contributed by atoms with van der Waals surface area (Å²) in [6, 6.07) is 8.78. The summed E-state index contributed by atoms with van der Waals surface area (Å²) in [6.07, 6.45) is 1.69. The minimum atomic E-state index is -0.252. The predicted molar refractivity (Wildman–Crippen MR) is 85.4 cm³/mol. The fourth-order valence-corrected chi connectivity index (χ4v) is 3.27. The average molecular weight is 316 g/mol. The van der Waals surface area contributed by atoms with Crippen LogP contribution in [0.25, 0.3) is 0 Å². The number of aryl methyl sites for hydroxylation is 1. The van der Waals surface area contributed by atoms with Gasteiger partial charge in [-0.3, -0.25) is 9.59 Å². The molecule has 3 rings (SSSR count). The van der Waals surface area contributed by atoms with E-state index in [2.05, 4.69) is 5.32 Å². The molecule has 1 aliphatic heterocycles. The number of hydrogen-bond acceptors (Lipinski definition) is 4. The van der Waals surface area contributed by atoms with Crippen molar-refractivity contribution in [2.24, 2.45) is 0 Å². The molecule has 114 valence electrons. The van der Waals surface area contributed by atoms with Crippen molar-refractivity contribution >= 4 is 28.8 Å². The number of nitrogens with one attached hydrogen (secondary N) is 1. The highest BCUT2D eigenvalue weighted by molar-refractivity contribution is 7.12. The molecular formula is C16H16N2O3S. The van der Waals surface area contributed by atoms with Gasteiger partial charge < -0.3 is 15.3 Å². The van der Waals surface area contributed by atoms with Gasteiger partial charge in [-0.05, 0) is 35.9 Å². The van der Waals surface area contributed by atoms with E-state index in [0.29, 0.717) is 17.1 Å². The van der Waals surface area contributed by atoms with E-state index in [1.54, 1.807) is 29.2 Å². The molecule has 22 heavy (non-hydrogen) atoms. The largest absolute Gasteiger partial charge is 0.506 e. The van der Waals surface area contributed by atoms with Crippen LogP contribution < -0.4 is 10.2 Å². The normalized spacial score (nSPS) is 13.5. The summed E-state index contributed by atoms with van der Waals surface area (Å²) >= 11 is 1.33. The number of aromatic hydroxyl groups is 1. The molecule has 2 N–H and O–H groups in total. The molecule has 2 amide bonds. The van der Waals surface area contributed by atoms with Gasteiger partial charge in [0.05, 0.1) is 17.1 Å². The quantitative estimate of drug-likeness (QED) is 0.912. The highest BCUT2D eigenvalue weighted by Gasteiger charge is 2.25. The van der Waals surface area contributed by atoms with Gasteiger partial charge in [0.2, 0.25) is 5.91 Å². The van der Waals surface area contributed by atoms with Crippen molar-refractivity contribution in [1.29, 1.82) is 0 Å². The first-order valence-corrected chi connectivity index (χ1v) is 7.97. The van der Waals surface area contributed by atoms with Gasteiger partial charge in [-0.25, -0.2) is 0 Å². The molecule has 0 radical (unpaired) electrons. The summed E-state index contributed by atoms with van der Waals surface area (Å²) in [7, 11) is 0. The number of nitrogens with zero attached hydrogens (tertiary/aromatic N) is 1. The van der Waals surface area contributed by atoms with Crippen molar-refractivity contribution < 1.29 is 14.7 Å². The van der Waals surface area contributed by atoms with Crippen LogP contribution in [-0.4, -0.2) is 30.0 Å². The van der Waals surface area contributed by atoms with E-state index in [-0.39, 0.29) is 24.1 Å². The number of phenols is 1. The summed E-state index contributed by atoms with van der Waals surface area (Å²) in [5.74, 6) is -0.361. The lowest BCUT2D eigenvalue weighted by atomic mass is 10.0. The molecule has 0 unspecified atom stereocenters. The standard InChI is InChI=1S/C16H16N2O3S/c19-12-6-1-4-11-5-2-8-18(15(11)12)14(20)10-17-16(21)13-7-3-9-22-13/h1,3-4,6-7,9,19H,2,5,8,10H2,(H,17,21). The Balaban J connectivity index is 1.70. The van der Waals surface area contributed by atoms with E-state index in [0.717, 1.165) is 18.4 Å². The fraction of sp³-hybridized carbons (Fsp3) is 0.250. The Bertz CT molecular complexity index is 697.